The number of hydrogen-bond acceptors (Lipinski definition) is 1. The number of benzene rings is 3. The van der Waals surface area contributed by atoms with Gasteiger partial charge in [-0.25, -0.2) is 4.39 Å². The highest BCUT2D eigenvalue weighted by molar-refractivity contribution is 5.65. The fraction of sp³-hybridized carbons (Fsp3) is 0.455. The van der Waals surface area contributed by atoms with Crippen molar-refractivity contribution in [1.82, 2.24) is 0 Å². The summed E-state index contributed by atoms with van der Waals surface area (Å²) in [5.41, 5.74) is 5.42. The van der Waals surface area contributed by atoms with Crippen LogP contribution in [0.5, 0.6) is 5.75 Å². The van der Waals surface area contributed by atoms with Gasteiger partial charge in [-0.3, -0.25) is 0 Å². The highest BCUT2D eigenvalue weighted by atomic mass is 19.1. The van der Waals surface area contributed by atoms with Crippen molar-refractivity contribution in [3.63, 3.8) is 0 Å². The normalized spacial score (nSPS) is 17.9. The third-order valence-corrected chi connectivity index (χ3v) is 7.73. The molecule has 3 aromatic carbocycles. The zero-order valence-corrected chi connectivity index (χ0v) is 21.6. The van der Waals surface area contributed by atoms with Crippen LogP contribution in [0.15, 0.2) is 66.7 Å². The number of rotatable bonds is 11. The van der Waals surface area contributed by atoms with E-state index >= 15 is 4.39 Å². The van der Waals surface area contributed by atoms with Crippen LogP contribution in [-0.2, 0) is 12.8 Å². The molecular weight excluding hydrogens is 431 g/mol. The highest BCUT2D eigenvalue weighted by Crippen LogP contribution is 2.39. The van der Waals surface area contributed by atoms with E-state index in [0.29, 0.717) is 18.1 Å². The molecule has 0 aromatic heterocycles. The number of halogens is 1. The smallest absolute Gasteiger partial charge is 0.131 e. The van der Waals surface area contributed by atoms with Gasteiger partial charge in [0.2, 0.25) is 0 Å². The number of ether oxygens (including phenoxy) is 1. The molecule has 35 heavy (non-hydrogen) atoms. The van der Waals surface area contributed by atoms with Gasteiger partial charge in [0.05, 0.1) is 6.61 Å². The van der Waals surface area contributed by atoms with Crippen LogP contribution < -0.4 is 4.74 Å². The maximum Gasteiger partial charge on any atom is 0.131 e. The molecule has 186 valence electrons. The zero-order valence-electron chi connectivity index (χ0n) is 21.6. The van der Waals surface area contributed by atoms with Crippen LogP contribution in [0.2, 0.25) is 0 Å². The first kappa shape index (κ1) is 25.5. The topological polar surface area (TPSA) is 9.23 Å². The van der Waals surface area contributed by atoms with Crippen LogP contribution in [0.4, 0.5) is 4.39 Å². The van der Waals surface area contributed by atoms with Crippen molar-refractivity contribution in [3.8, 4) is 16.9 Å². The molecule has 0 atom stereocenters. The monoisotopic (exact) mass is 472 g/mol. The van der Waals surface area contributed by atoms with Gasteiger partial charge in [-0.2, -0.15) is 0 Å². The summed E-state index contributed by atoms with van der Waals surface area (Å²) in [6, 6.07) is 22.7. The molecule has 1 nitrogen and oxygen atoms in total. The molecular formula is C33H41FO. The van der Waals surface area contributed by atoms with E-state index in [0.717, 1.165) is 30.1 Å². The Kier molecular flexibility index (Phi) is 9.40. The lowest BCUT2D eigenvalue weighted by Gasteiger charge is -2.29. The molecule has 4 rings (SSSR count). The Labute approximate surface area is 211 Å². The third kappa shape index (κ3) is 7.19. The van der Waals surface area contributed by atoms with Crippen molar-refractivity contribution in [2.24, 2.45) is 5.92 Å². The third-order valence-electron chi connectivity index (χ3n) is 7.73. The van der Waals surface area contributed by atoms with Crippen LogP contribution in [-0.4, -0.2) is 6.61 Å². The van der Waals surface area contributed by atoms with E-state index in [2.05, 4.69) is 49.4 Å². The first-order valence-corrected chi connectivity index (χ1v) is 13.8. The van der Waals surface area contributed by atoms with Gasteiger partial charge in [0.15, 0.2) is 0 Å². The fourth-order valence-electron chi connectivity index (χ4n) is 5.55. The Morgan fingerprint density at radius 2 is 1.43 bits per heavy atom. The second kappa shape index (κ2) is 12.9. The average Bonchev–Trinajstić information content (AvgIpc) is 2.89. The lowest BCUT2D eigenvalue weighted by molar-refractivity contribution is 0.302. The molecule has 3 aromatic rings. The van der Waals surface area contributed by atoms with Crippen molar-refractivity contribution < 1.29 is 9.13 Å². The maximum atomic E-state index is 15.1. The lowest BCUT2D eigenvalue weighted by atomic mass is 9.77. The van der Waals surface area contributed by atoms with Gasteiger partial charge in [-0.15, -0.1) is 0 Å². The predicted octanol–water partition coefficient (Wildman–Crippen LogP) is 9.53. The molecule has 2 heteroatoms. The minimum atomic E-state index is -0.0882. The average molecular weight is 473 g/mol. The SMILES string of the molecule is CCCCC[C@H]1CC[C@H](c2ccc(-c3ccc(CCc4ccc(OCC)cc4)cc3)c(F)c2)CC1. The number of aryl methyl sites for hydroxylation is 2. The van der Waals surface area contributed by atoms with Gasteiger partial charge in [-0.05, 0) is 97.7 Å². The summed E-state index contributed by atoms with van der Waals surface area (Å²) >= 11 is 0. The molecule has 0 unspecified atom stereocenters. The van der Waals surface area contributed by atoms with E-state index in [4.69, 9.17) is 4.74 Å². The summed E-state index contributed by atoms with van der Waals surface area (Å²) in [4.78, 5) is 0. The fourth-order valence-corrected chi connectivity index (χ4v) is 5.55. The van der Waals surface area contributed by atoms with Gasteiger partial charge in [-0.1, -0.05) is 81.1 Å². The van der Waals surface area contributed by atoms with E-state index in [1.807, 2.05) is 25.1 Å². The summed E-state index contributed by atoms with van der Waals surface area (Å²) in [6.07, 6.45) is 12.4. The van der Waals surface area contributed by atoms with Crippen LogP contribution >= 0.6 is 0 Å². The van der Waals surface area contributed by atoms with Gasteiger partial charge in [0, 0.05) is 5.56 Å². The van der Waals surface area contributed by atoms with Gasteiger partial charge < -0.3 is 4.74 Å². The molecule has 0 spiro atoms. The first-order valence-electron chi connectivity index (χ1n) is 13.8. The standard InChI is InChI=1S/C33H41FO/c1-3-5-6-7-25-10-16-28(17-11-25)30-20-23-32(33(34)24-30)29-18-12-26(13-19-29)8-9-27-14-21-31(22-15-27)35-4-2/h12-15,18-25,28H,3-11,16-17H2,1-2H3/t25-,28-. The van der Waals surface area contributed by atoms with Crippen molar-refractivity contribution in [2.75, 3.05) is 6.61 Å². The van der Waals surface area contributed by atoms with Gasteiger partial charge in [0.1, 0.15) is 11.6 Å². The summed E-state index contributed by atoms with van der Waals surface area (Å²) in [5.74, 6) is 2.24. The van der Waals surface area contributed by atoms with Crippen LogP contribution in [0.1, 0.15) is 87.8 Å². The summed E-state index contributed by atoms with van der Waals surface area (Å²) in [6.45, 7) is 4.96. The van der Waals surface area contributed by atoms with Crippen molar-refractivity contribution in [1.29, 1.82) is 0 Å². The summed E-state index contributed by atoms with van der Waals surface area (Å²) < 4.78 is 20.6. The summed E-state index contributed by atoms with van der Waals surface area (Å²) in [5, 5.41) is 0. The van der Waals surface area contributed by atoms with Crippen molar-refractivity contribution >= 4 is 0 Å². The minimum absolute atomic E-state index is 0.0882. The molecule has 1 aliphatic carbocycles. The highest BCUT2D eigenvalue weighted by Gasteiger charge is 2.23. The van der Waals surface area contributed by atoms with E-state index in [-0.39, 0.29) is 5.82 Å². The Morgan fingerprint density at radius 1 is 0.771 bits per heavy atom. The first-order chi connectivity index (χ1) is 17.2. The van der Waals surface area contributed by atoms with Gasteiger partial charge >= 0.3 is 0 Å². The van der Waals surface area contributed by atoms with E-state index in [9.17, 15) is 0 Å². The van der Waals surface area contributed by atoms with Crippen molar-refractivity contribution in [3.05, 3.63) is 89.2 Å². The predicted molar refractivity (Wildman–Crippen MR) is 146 cm³/mol. The Bertz CT molecular complexity index is 1030. The van der Waals surface area contributed by atoms with Crippen LogP contribution in [0.25, 0.3) is 11.1 Å². The molecule has 0 aliphatic heterocycles. The molecule has 0 N–H and O–H groups in total. The minimum Gasteiger partial charge on any atom is -0.494 e. The van der Waals surface area contributed by atoms with Crippen LogP contribution in [0.3, 0.4) is 0 Å². The lowest BCUT2D eigenvalue weighted by Crippen LogP contribution is -2.13. The Hall–Kier alpha value is -2.61. The quantitative estimate of drug-likeness (QED) is 0.252. The molecule has 0 amide bonds. The summed E-state index contributed by atoms with van der Waals surface area (Å²) in [7, 11) is 0. The van der Waals surface area contributed by atoms with Crippen molar-refractivity contribution in [2.45, 2.75) is 84.0 Å². The zero-order chi connectivity index (χ0) is 24.5. The molecule has 1 fully saturated rings. The Balaban J connectivity index is 1.31. The van der Waals surface area contributed by atoms with E-state index < -0.39 is 0 Å². The molecule has 1 saturated carbocycles. The largest absolute Gasteiger partial charge is 0.494 e. The molecule has 0 bridgehead atoms. The molecule has 1 aliphatic rings. The number of unbranched alkanes of at least 4 members (excludes halogenated alkanes) is 2. The maximum absolute atomic E-state index is 15.1. The molecule has 0 radical (unpaired) electrons. The molecule has 0 heterocycles. The molecule has 0 saturated heterocycles. The van der Waals surface area contributed by atoms with E-state index in [1.165, 1.54) is 68.1 Å². The number of hydrogen-bond donors (Lipinski definition) is 0. The van der Waals surface area contributed by atoms with Crippen LogP contribution in [0, 0.1) is 11.7 Å². The second-order valence-electron chi connectivity index (χ2n) is 10.2. The second-order valence-corrected chi connectivity index (χ2v) is 10.2. The van der Waals surface area contributed by atoms with E-state index in [1.54, 1.807) is 6.07 Å². The van der Waals surface area contributed by atoms with Gasteiger partial charge in [0.25, 0.3) is 0 Å². The Morgan fingerprint density at radius 3 is 2.03 bits per heavy atom.